The maximum absolute atomic E-state index is 11.7. The number of hydrogen-bond acceptors (Lipinski definition) is 2. The van der Waals surface area contributed by atoms with Crippen LogP contribution < -0.4 is 11.1 Å². The lowest BCUT2D eigenvalue weighted by atomic mass is 10.2. The first kappa shape index (κ1) is 15.5. The average Bonchev–Trinajstić information content (AvgIpc) is 2.97. The fourth-order valence-corrected chi connectivity index (χ4v) is 2.54. The molecule has 0 atom stereocenters. The van der Waals surface area contributed by atoms with Crippen LogP contribution in [0.1, 0.15) is 38.5 Å². The SMILES string of the molecule is I.NC(=NCC(=O)N1CCCC1)NC1CCCC1. The van der Waals surface area contributed by atoms with E-state index in [-0.39, 0.29) is 36.4 Å². The van der Waals surface area contributed by atoms with Gasteiger partial charge >= 0.3 is 0 Å². The van der Waals surface area contributed by atoms with E-state index in [1.807, 2.05) is 4.90 Å². The van der Waals surface area contributed by atoms with Gasteiger partial charge in [0.1, 0.15) is 6.54 Å². The van der Waals surface area contributed by atoms with Gasteiger partial charge in [0.25, 0.3) is 0 Å². The molecular weight excluding hydrogens is 343 g/mol. The van der Waals surface area contributed by atoms with Gasteiger partial charge in [0.05, 0.1) is 0 Å². The molecule has 6 heteroatoms. The third-order valence-corrected chi connectivity index (χ3v) is 3.55. The van der Waals surface area contributed by atoms with Crippen molar-refractivity contribution in [3.8, 4) is 0 Å². The Kier molecular flexibility index (Phi) is 6.73. The number of halogens is 1. The molecule has 1 aliphatic carbocycles. The van der Waals surface area contributed by atoms with Gasteiger partial charge in [0, 0.05) is 19.1 Å². The van der Waals surface area contributed by atoms with Crippen LogP contribution in [0.4, 0.5) is 0 Å². The maximum Gasteiger partial charge on any atom is 0.244 e. The van der Waals surface area contributed by atoms with Crippen LogP contribution >= 0.6 is 24.0 Å². The molecule has 3 N–H and O–H groups in total. The Hall–Kier alpha value is -0.530. The van der Waals surface area contributed by atoms with E-state index in [1.54, 1.807) is 0 Å². The molecule has 0 aromatic carbocycles. The van der Waals surface area contributed by atoms with Crippen molar-refractivity contribution in [3.05, 3.63) is 0 Å². The van der Waals surface area contributed by atoms with Gasteiger partial charge < -0.3 is 16.0 Å². The number of amides is 1. The van der Waals surface area contributed by atoms with E-state index in [9.17, 15) is 4.79 Å². The lowest BCUT2D eigenvalue weighted by molar-refractivity contribution is -0.128. The van der Waals surface area contributed by atoms with Crippen molar-refractivity contribution in [2.45, 2.75) is 44.6 Å². The second-order valence-electron chi connectivity index (χ2n) is 4.92. The van der Waals surface area contributed by atoms with Crippen LogP contribution in [0.25, 0.3) is 0 Å². The molecule has 0 bridgehead atoms. The number of likely N-dealkylation sites (tertiary alicyclic amines) is 1. The van der Waals surface area contributed by atoms with Gasteiger partial charge in [-0.3, -0.25) is 4.79 Å². The Labute approximate surface area is 126 Å². The summed E-state index contributed by atoms with van der Waals surface area (Å²) in [6.45, 7) is 1.94. The number of aliphatic imine (C=N–C) groups is 1. The summed E-state index contributed by atoms with van der Waals surface area (Å²) in [4.78, 5) is 17.7. The minimum atomic E-state index is 0. The third kappa shape index (κ3) is 4.62. The molecule has 18 heavy (non-hydrogen) atoms. The third-order valence-electron chi connectivity index (χ3n) is 3.55. The topological polar surface area (TPSA) is 70.7 Å². The fraction of sp³-hybridized carbons (Fsp3) is 0.833. The fourth-order valence-electron chi connectivity index (χ4n) is 2.54. The van der Waals surface area contributed by atoms with Crippen molar-refractivity contribution in [2.75, 3.05) is 19.6 Å². The Balaban J connectivity index is 0.00000162. The van der Waals surface area contributed by atoms with Gasteiger partial charge in [-0.25, -0.2) is 4.99 Å². The van der Waals surface area contributed by atoms with E-state index in [0.717, 1.165) is 38.8 Å². The average molecular weight is 366 g/mol. The highest BCUT2D eigenvalue weighted by molar-refractivity contribution is 14.0. The minimum Gasteiger partial charge on any atom is -0.370 e. The van der Waals surface area contributed by atoms with Gasteiger partial charge in [-0.15, -0.1) is 24.0 Å². The quantitative estimate of drug-likeness (QED) is 0.446. The molecule has 5 nitrogen and oxygen atoms in total. The second-order valence-corrected chi connectivity index (χ2v) is 4.92. The van der Waals surface area contributed by atoms with Gasteiger partial charge in [-0.1, -0.05) is 12.8 Å². The Morgan fingerprint density at radius 3 is 2.44 bits per heavy atom. The van der Waals surface area contributed by atoms with E-state index in [4.69, 9.17) is 5.73 Å². The summed E-state index contributed by atoms with van der Waals surface area (Å²) in [5, 5.41) is 3.18. The molecule has 2 aliphatic rings. The first-order chi connectivity index (χ1) is 8.25. The Morgan fingerprint density at radius 1 is 1.22 bits per heavy atom. The molecule has 1 saturated carbocycles. The zero-order valence-electron chi connectivity index (χ0n) is 10.7. The van der Waals surface area contributed by atoms with Crippen molar-refractivity contribution in [2.24, 2.45) is 10.7 Å². The van der Waals surface area contributed by atoms with E-state index in [0.29, 0.717) is 12.0 Å². The number of nitrogens with two attached hydrogens (primary N) is 1. The smallest absolute Gasteiger partial charge is 0.244 e. The lowest BCUT2D eigenvalue weighted by Crippen LogP contribution is -2.39. The minimum absolute atomic E-state index is 0. The largest absolute Gasteiger partial charge is 0.370 e. The molecule has 1 amide bonds. The van der Waals surface area contributed by atoms with Gasteiger partial charge in [-0.05, 0) is 25.7 Å². The molecule has 2 fully saturated rings. The zero-order chi connectivity index (χ0) is 12.1. The number of hydrogen-bond donors (Lipinski definition) is 2. The molecule has 104 valence electrons. The van der Waals surface area contributed by atoms with Gasteiger partial charge in [0.15, 0.2) is 5.96 Å². The number of nitrogens with zero attached hydrogens (tertiary/aromatic N) is 2. The number of carbonyl (C=O) groups is 1. The van der Waals surface area contributed by atoms with Crippen LogP contribution in [-0.4, -0.2) is 42.4 Å². The first-order valence-electron chi connectivity index (χ1n) is 6.60. The second kappa shape index (κ2) is 7.81. The Morgan fingerprint density at radius 2 is 1.83 bits per heavy atom. The molecule has 0 spiro atoms. The number of carbonyl (C=O) groups excluding carboxylic acids is 1. The van der Waals surface area contributed by atoms with Crippen LogP contribution in [-0.2, 0) is 4.79 Å². The summed E-state index contributed by atoms with van der Waals surface area (Å²) >= 11 is 0. The van der Waals surface area contributed by atoms with E-state index < -0.39 is 0 Å². The Bertz CT molecular complexity index is 296. The number of rotatable bonds is 3. The summed E-state index contributed by atoms with van der Waals surface area (Å²) < 4.78 is 0. The zero-order valence-corrected chi connectivity index (χ0v) is 13.1. The predicted octanol–water partition coefficient (Wildman–Crippen LogP) is 1.07. The summed E-state index contributed by atoms with van der Waals surface area (Å²) in [5.41, 5.74) is 5.77. The summed E-state index contributed by atoms with van der Waals surface area (Å²) in [6.07, 6.45) is 7.08. The molecule has 0 radical (unpaired) electrons. The molecule has 1 heterocycles. The molecule has 0 unspecified atom stereocenters. The molecule has 2 rings (SSSR count). The lowest BCUT2D eigenvalue weighted by Gasteiger charge is -2.15. The van der Waals surface area contributed by atoms with E-state index in [1.165, 1.54) is 12.8 Å². The van der Waals surface area contributed by atoms with Gasteiger partial charge in [-0.2, -0.15) is 0 Å². The molecule has 0 aromatic rings. The van der Waals surface area contributed by atoms with Crippen molar-refractivity contribution in [1.82, 2.24) is 10.2 Å². The van der Waals surface area contributed by atoms with Crippen LogP contribution in [0, 0.1) is 0 Å². The van der Waals surface area contributed by atoms with Crippen molar-refractivity contribution < 1.29 is 4.79 Å². The first-order valence-corrected chi connectivity index (χ1v) is 6.60. The number of guanidine groups is 1. The van der Waals surface area contributed by atoms with Crippen molar-refractivity contribution in [1.29, 1.82) is 0 Å². The monoisotopic (exact) mass is 366 g/mol. The predicted molar refractivity (Wildman–Crippen MR) is 83.1 cm³/mol. The van der Waals surface area contributed by atoms with E-state index in [2.05, 4.69) is 10.3 Å². The van der Waals surface area contributed by atoms with Gasteiger partial charge in [0.2, 0.25) is 5.91 Å². The van der Waals surface area contributed by atoms with Crippen molar-refractivity contribution in [3.63, 3.8) is 0 Å². The van der Waals surface area contributed by atoms with Crippen LogP contribution in [0.15, 0.2) is 4.99 Å². The van der Waals surface area contributed by atoms with Crippen LogP contribution in [0.5, 0.6) is 0 Å². The summed E-state index contributed by atoms with van der Waals surface area (Å²) in [7, 11) is 0. The highest BCUT2D eigenvalue weighted by Crippen LogP contribution is 2.17. The normalized spacial score (nSPS) is 20.9. The molecule has 1 saturated heterocycles. The van der Waals surface area contributed by atoms with Crippen LogP contribution in [0.3, 0.4) is 0 Å². The highest BCUT2D eigenvalue weighted by Gasteiger charge is 2.18. The standard InChI is InChI=1S/C12H22N4O.HI/c13-12(15-10-5-1-2-6-10)14-9-11(17)16-7-3-4-8-16;/h10H,1-9H2,(H3,13,14,15);1H. The maximum atomic E-state index is 11.7. The van der Waals surface area contributed by atoms with Crippen molar-refractivity contribution >= 4 is 35.8 Å². The van der Waals surface area contributed by atoms with E-state index >= 15 is 0 Å². The molecular formula is C12H23IN4O. The summed E-state index contributed by atoms with van der Waals surface area (Å²) in [5.74, 6) is 0.517. The molecule has 1 aliphatic heterocycles. The molecule has 0 aromatic heterocycles. The highest BCUT2D eigenvalue weighted by atomic mass is 127. The summed E-state index contributed by atoms with van der Waals surface area (Å²) in [6, 6.07) is 0.459. The van der Waals surface area contributed by atoms with Crippen LogP contribution in [0.2, 0.25) is 0 Å². The number of nitrogens with one attached hydrogen (secondary N) is 1.